The Kier molecular flexibility index (Phi) is 6.83. The van der Waals surface area contributed by atoms with Crippen molar-refractivity contribution in [2.24, 2.45) is 0 Å². The molecule has 0 bridgehead atoms. The molecule has 166 valence electrons. The normalized spacial score (nSPS) is 17.0. The highest BCUT2D eigenvalue weighted by Gasteiger charge is 2.26. The van der Waals surface area contributed by atoms with Gasteiger partial charge in [-0.05, 0) is 50.6 Å². The maximum Gasteiger partial charge on any atom is 0.267 e. The minimum atomic E-state index is -0.555. The third kappa shape index (κ3) is 4.66. The second-order valence-electron chi connectivity index (χ2n) is 8.23. The summed E-state index contributed by atoms with van der Waals surface area (Å²) in [5.41, 5.74) is 6.81. The zero-order valence-corrected chi connectivity index (χ0v) is 18.7. The quantitative estimate of drug-likeness (QED) is 0.338. The molecule has 2 heterocycles. The first-order chi connectivity index (χ1) is 15.6. The molecule has 1 amide bonds. The standard InChI is InChI=1S/C26H30N4O2/c1-3-29-16-8-13-23(18-29)30-19(2)25(21-10-5-4-6-11-21)27-26(30)22-12-7-9-20(17-22)14-15-24(31)28-32/h4-7,9-12,14-15,17,23,32H,3,8,13,16,18H2,1-2H3,(H,28,31)/t23-/m1/s1. The van der Waals surface area contributed by atoms with E-state index >= 15 is 0 Å². The third-order valence-corrected chi connectivity index (χ3v) is 6.17. The molecule has 1 fully saturated rings. The van der Waals surface area contributed by atoms with Gasteiger partial charge in [-0.15, -0.1) is 0 Å². The number of nitrogens with zero attached hydrogens (tertiary/aromatic N) is 3. The number of likely N-dealkylation sites (N-methyl/N-ethyl adjacent to an activating group) is 1. The summed E-state index contributed by atoms with van der Waals surface area (Å²) >= 11 is 0. The van der Waals surface area contributed by atoms with Crippen molar-refractivity contribution in [3.63, 3.8) is 0 Å². The van der Waals surface area contributed by atoms with Gasteiger partial charge in [0.1, 0.15) is 5.82 Å². The van der Waals surface area contributed by atoms with Crippen LogP contribution in [0.15, 0.2) is 60.7 Å². The molecule has 0 unspecified atom stereocenters. The summed E-state index contributed by atoms with van der Waals surface area (Å²) in [5.74, 6) is 0.395. The predicted molar refractivity (Wildman–Crippen MR) is 127 cm³/mol. The van der Waals surface area contributed by atoms with Crippen LogP contribution in [0.5, 0.6) is 0 Å². The Balaban J connectivity index is 1.80. The summed E-state index contributed by atoms with van der Waals surface area (Å²) in [6.45, 7) is 7.61. The highest BCUT2D eigenvalue weighted by atomic mass is 16.5. The molecule has 2 N–H and O–H groups in total. The van der Waals surface area contributed by atoms with E-state index < -0.39 is 5.91 Å². The Labute approximate surface area is 189 Å². The molecule has 6 heteroatoms. The molecule has 2 aromatic carbocycles. The Morgan fingerprint density at radius 3 is 2.72 bits per heavy atom. The molecule has 6 nitrogen and oxygen atoms in total. The lowest BCUT2D eigenvalue weighted by molar-refractivity contribution is -0.124. The Morgan fingerprint density at radius 2 is 1.97 bits per heavy atom. The average molecular weight is 431 g/mol. The first kappa shape index (κ1) is 22.0. The van der Waals surface area contributed by atoms with Gasteiger partial charge < -0.3 is 9.47 Å². The van der Waals surface area contributed by atoms with Gasteiger partial charge in [0.05, 0.1) is 5.69 Å². The Bertz CT molecular complexity index is 1100. The van der Waals surface area contributed by atoms with E-state index in [-0.39, 0.29) is 0 Å². The first-order valence-corrected chi connectivity index (χ1v) is 11.2. The summed E-state index contributed by atoms with van der Waals surface area (Å²) in [6.07, 6.45) is 5.31. The molecule has 1 atom stereocenters. The second-order valence-corrected chi connectivity index (χ2v) is 8.23. The molecular formula is C26H30N4O2. The Morgan fingerprint density at radius 1 is 1.19 bits per heavy atom. The fourth-order valence-corrected chi connectivity index (χ4v) is 4.55. The number of carbonyl (C=O) groups is 1. The van der Waals surface area contributed by atoms with Gasteiger partial charge in [-0.3, -0.25) is 10.0 Å². The van der Waals surface area contributed by atoms with Crippen molar-refractivity contribution < 1.29 is 10.0 Å². The lowest BCUT2D eigenvalue weighted by Gasteiger charge is -2.34. The lowest BCUT2D eigenvalue weighted by Crippen LogP contribution is -2.36. The number of carbonyl (C=O) groups excluding carboxylic acids is 1. The Hall–Kier alpha value is -3.22. The molecule has 1 aromatic heterocycles. The van der Waals surface area contributed by atoms with Crippen molar-refractivity contribution in [3.8, 4) is 22.6 Å². The van der Waals surface area contributed by atoms with E-state index in [1.807, 2.05) is 36.4 Å². The molecule has 3 aromatic rings. The lowest BCUT2D eigenvalue weighted by atomic mass is 10.0. The number of benzene rings is 2. The van der Waals surface area contributed by atoms with Crippen molar-refractivity contribution >= 4 is 12.0 Å². The summed E-state index contributed by atoms with van der Waals surface area (Å²) in [5, 5.41) is 8.74. The highest BCUT2D eigenvalue weighted by molar-refractivity contribution is 5.91. The predicted octanol–water partition coefficient (Wildman–Crippen LogP) is 4.70. The van der Waals surface area contributed by atoms with Crippen LogP contribution in [0, 0.1) is 6.92 Å². The largest absolute Gasteiger partial charge is 0.323 e. The van der Waals surface area contributed by atoms with Crippen molar-refractivity contribution in [2.45, 2.75) is 32.7 Å². The van der Waals surface area contributed by atoms with E-state index in [9.17, 15) is 4.79 Å². The number of hydrogen-bond acceptors (Lipinski definition) is 4. The smallest absolute Gasteiger partial charge is 0.267 e. The molecular weight excluding hydrogens is 400 g/mol. The van der Waals surface area contributed by atoms with Gasteiger partial charge >= 0.3 is 0 Å². The minimum absolute atomic E-state index is 0.364. The van der Waals surface area contributed by atoms with Gasteiger partial charge in [0.25, 0.3) is 5.91 Å². The molecule has 0 saturated carbocycles. The van der Waals surface area contributed by atoms with Crippen LogP contribution in [0.25, 0.3) is 28.7 Å². The molecule has 1 saturated heterocycles. The van der Waals surface area contributed by atoms with Crippen LogP contribution in [-0.4, -0.2) is 45.2 Å². The number of likely N-dealkylation sites (tertiary alicyclic amines) is 1. The van der Waals surface area contributed by atoms with Crippen LogP contribution in [0.1, 0.15) is 37.1 Å². The summed E-state index contributed by atoms with van der Waals surface area (Å²) in [7, 11) is 0. The molecule has 32 heavy (non-hydrogen) atoms. The number of hydrogen-bond donors (Lipinski definition) is 2. The van der Waals surface area contributed by atoms with Gasteiger partial charge in [-0.25, -0.2) is 10.5 Å². The average Bonchev–Trinajstić information content (AvgIpc) is 3.20. The fourth-order valence-electron chi connectivity index (χ4n) is 4.55. The van der Waals surface area contributed by atoms with Gasteiger partial charge in [0, 0.05) is 35.5 Å². The van der Waals surface area contributed by atoms with E-state index in [1.165, 1.54) is 18.2 Å². The zero-order valence-electron chi connectivity index (χ0n) is 18.7. The number of imidazole rings is 1. The van der Waals surface area contributed by atoms with Crippen LogP contribution >= 0.6 is 0 Å². The van der Waals surface area contributed by atoms with Crippen LogP contribution in [-0.2, 0) is 4.79 Å². The number of amides is 1. The number of nitrogens with one attached hydrogen (secondary N) is 1. The minimum Gasteiger partial charge on any atom is -0.323 e. The molecule has 0 spiro atoms. The van der Waals surface area contributed by atoms with Crippen molar-refractivity contribution in [3.05, 3.63) is 71.9 Å². The highest BCUT2D eigenvalue weighted by Crippen LogP contribution is 2.35. The number of piperidine rings is 1. The molecule has 1 aliphatic rings. The van der Waals surface area contributed by atoms with Gasteiger partial charge in [0.2, 0.25) is 0 Å². The van der Waals surface area contributed by atoms with E-state index in [4.69, 9.17) is 10.2 Å². The fraction of sp³-hybridized carbons (Fsp3) is 0.308. The third-order valence-electron chi connectivity index (χ3n) is 6.17. The first-order valence-electron chi connectivity index (χ1n) is 11.2. The zero-order chi connectivity index (χ0) is 22.5. The SMILES string of the molecule is CCN1CCC[C@@H](n2c(-c3cccc(C=CC(=O)NO)c3)nc(-c3ccccc3)c2C)C1. The number of rotatable bonds is 6. The van der Waals surface area contributed by atoms with Crippen molar-refractivity contribution in [1.29, 1.82) is 0 Å². The maximum absolute atomic E-state index is 11.4. The second kappa shape index (κ2) is 9.94. The van der Waals surface area contributed by atoms with Crippen molar-refractivity contribution in [1.82, 2.24) is 19.9 Å². The molecule has 0 aliphatic carbocycles. The van der Waals surface area contributed by atoms with E-state index in [0.29, 0.717) is 6.04 Å². The number of aromatic nitrogens is 2. The summed E-state index contributed by atoms with van der Waals surface area (Å²) in [4.78, 5) is 19.0. The number of hydroxylamine groups is 1. The monoisotopic (exact) mass is 430 g/mol. The molecule has 0 radical (unpaired) electrons. The van der Waals surface area contributed by atoms with Crippen LogP contribution < -0.4 is 5.48 Å². The van der Waals surface area contributed by atoms with Gasteiger partial charge in [-0.1, -0.05) is 55.5 Å². The molecule has 1 aliphatic heterocycles. The van der Waals surface area contributed by atoms with Gasteiger partial charge in [0.15, 0.2) is 0 Å². The molecule has 4 rings (SSSR count). The van der Waals surface area contributed by atoms with Gasteiger partial charge in [-0.2, -0.15) is 0 Å². The topological polar surface area (TPSA) is 70.4 Å². The van der Waals surface area contributed by atoms with Crippen LogP contribution in [0.3, 0.4) is 0 Å². The maximum atomic E-state index is 11.4. The van der Waals surface area contributed by atoms with E-state index in [2.05, 4.69) is 41.5 Å². The van der Waals surface area contributed by atoms with Crippen LogP contribution in [0.2, 0.25) is 0 Å². The van der Waals surface area contributed by atoms with E-state index in [1.54, 1.807) is 11.6 Å². The summed E-state index contributed by atoms with van der Waals surface area (Å²) < 4.78 is 2.41. The summed E-state index contributed by atoms with van der Waals surface area (Å²) in [6, 6.07) is 18.7. The van der Waals surface area contributed by atoms with Crippen LogP contribution in [0.4, 0.5) is 0 Å². The van der Waals surface area contributed by atoms with E-state index in [0.717, 1.165) is 54.3 Å². The van der Waals surface area contributed by atoms with Crippen molar-refractivity contribution in [2.75, 3.05) is 19.6 Å².